The van der Waals surface area contributed by atoms with Gasteiger partial charge in [-0.15, -0.1) is 0 Å². The standard InChI is InChI=1S/C6H9F3O3S/c7-6(8,9)3-12-1-4(2-13)5(10)11/h4,13H,1-3H2,(H,10,11). The summed E-state index contributed by atoms with van der Waals surface area (Å²) in [6.07, 6.45) is -4.42. The fourth-order valence-corrected chi connectivity index (χ4v) is 0.781. The molecule has 0 heterocycles. The molecule has 0 radical (unpaired) electrons. The lowest BCUT2D eigenvalue weighted by atomic mass is 10.2. The molecule has 0 amide bonds. The minimum Gasteiger partial charge on any atom is -0.481 e. The maximum absolute atomic E-state index is 11.5. The fourth-order valence-electron chi connectivity index (χ4n) is 0.519. The number of rotatable bonds is 5. The molecule has 1 N–H and O–H groups in total. The molecule has 0 aliphatic rings. The van der Waals surface area contributed by atoms with Crippen LogP contribution in [-0.2, 0) is 9.53 Å². The van der Waals surface area contributed by atoms with Gasteiger partial charge in [0.05, 0.1) is 12.5 Å². The van der Waals surface area contributed by atoms with Gasteiger partial charge in [0, 0.05) is 5.75 Å². The van der Waals surface area contributed by atoms with E-state index in [-0.39, 0.29) is 5.75 Å². The molecule has 0 saturated carbocycles. The zero-order valence-electron chi connectivity index (χ0n) is 6.54. The second kappa shape index (κ2) is 5.33. The number of hydrogen-bond acceptors (Lipinski definition) is 3. The highest BCUT2D eigenvalue weighted by molar-refractivity contribution is 7.80. The van der Waals surface area contributed by atoms with Gasteiger partial charge in [-0.25, -0.2) is 0 Å². The van der Waals surface area contributed by atoms with Crippen molar-refractivity contribution in [1.82, 2.24) is 0 Å². The molecule has 0 rings (SSSR count). The summed E-state index contributed by atoms with van der Waals surface area (Å²) in [7, 11) is 0. The van der Waals surface area contributed by atoms with Crippen molar-refractivity contribution in [3.63, 3.8) is 0 Å². The van der Waals surface area contributed by atoms with Crippen LogP contribution in [0.3, 0.4) is 0 Å². The molecule has 1 unspecified atom stereocenters. The van der Waals surface area contributed by atoms with Crippen LogP contribution in [0.15, 0.2) is 0 Å². The van der Waals surface area contributed by atoms with Crippen molar-refractivity contribution in [2.75, 3.05) is 19.0 Å². The van der Waals surface area contributed by atoms with Crippen molar-refractivity contribution in [3.8, 4) is 0 Å². The number of aliphatic carboxylic acids is 1. The molecule has 13 heavy (non-hydrogen) atoms. The molecule has 0 aromatic heterocycles. The van der Waals surface area contributed by atoms with E-state index in [2.05, 4.69) is 17.4 Å². The quantitative estimate of drug-likeness (QED) is 0.681. The first kappa shape index (κ1) is 12.6. The van der Waals surface area contributed by atoms with E-state index in [1.54, 1.807) is 0 Å². The van der Waals surface area contributed by atoms with Crippen LogP contribution in [-0.4, -0.2) is 36.2 Å². The first-order valence-electron chi connectivity index (χ1n) is 3.35. The van der Waals surface area contributed by atoms with Crippen LogP contribution in [0.2, 0.25) is 0 Å². The van der Waals surface area contributed by atoms with Crippen LogP contribution in [0.25, 0.3) is 0 Å². The number of hydrogen-bond donors (Lipinski definition) is 2. The van der Waals surface area contributed by atoms with Gasteiger partial charge in [0.25, 0.3) is 0 Å². The Bertz CT molecular complexity index is 171. The van der Waals surface area contributed by atoms with Gasteiger partial charge < -0.3 is 9.84 Å². The maximum atomic E-state index is 11.5. The molecule has 0 spiro atoms. The summed E-state index contributed by atoms with van der Waals surface area (Å²) < 4.78 is 38.7. The van der Waals surface area contributed by atoms with Crippen molar-refractivity contribution < 1.29 is 27.8 Å². The van der Waals surface area contributed by atoms with Crippen molar-refractivity contribution in [3.05, 3.63) is 0 Å². The molecule has 78 valence electrons. The number of carboxylic acids is 1. The summed E-state index contributed by atoms with van der Waals surface area (Å²) in [5, 5.41) is 8.39. The van der Waals surface area contributed by atoms with Crippen molar-refractivity contribution in [2.24, 2.45) is 5.92 Å². The van der Waals surface area contributed by atoms with Crippen LogP contribution < -0.4 is 0 Å². The lowest BCUT2D eigenvalue weighted by Gasteiger charge is -2.11. The van der Waals surface area contributed by atoms with Crippen LogP contribution in [0.4, 0.5) is 13.2 Å². The van der Waals surface area contributed by atoms with Gasteiger partial charge in [0.1, 0.15) is 6.61 Å². The van der Waals surface area contributed by atoms with E-state index in [1.165, 1.54) is 0 Å². The molecule has 0 saturated heterocycles. The van der Waals surface area contributed by atoms with Gasteiger partial charge in [-0.2, -0.15) is 25.8 Å². The molecule has 0 aromatic carbocycles. The SMILES string of the molecule is O=C(O)C(CS)COCC(F)(F)F. The highest BCUT2D eigenvalue weighted by Gasteiger charge is 2.28. The van der Waals surface area contributed by atoms with Crippen LogP contribution >= 0.6 is 12.6 Å². The average molecular weight is 218 g/mol. The molecular weight excluding hydrogens is 209 g/mol. The fraction of sp³-hybridized carbons (Fsp3) is 0.833. The normalized spacial score (nSPS) is 14.2. The minimum atomic E-state index is -4.42. The number of carboxylic acid groups (broad SMARTS) is 1. The van der Waals surface area contributed by atoms with E-state index < -0.39 is 31.3 Å². The molecule has 1 atom stereocenters. The zero-order chi connectivity index (χ0) is 10.5. The predicted molar refractivity (Wildman–Crippen MR) is 41.9 cm³/mol. The Morgan fingerprint density at radius 1 is 1.54 bits per heavy atom. The molecule has 0 bridgehead atoms. The summed E-state index contributed by atoms with van der Waals surface area (Å²) in [6.45, 7) is -1.90. The second-order valence-electron chi connectivity index (χ2n) is 2.35. The highest BCUT2D eigenvalue weighted by atomic mass is 32.1. The van der Waals surface area contributed by atoms with E-state index in [0.717, 1.165) is 0 Å². The Morgan fingerprint density at radius 2 is 2.08 bits per heavy atom. The molecule has 7 heteroatoms. The first-order valence-corrected chi connectivity index (χ1v) is 3.98. The summed E-state index contributed by atoms with van der Waals surface area (Å²) in [6, 6.07) is 0. The van der Waals surface area contributed by atoms with Crippen LogP contribution in [0, 0.1) is 5.92 Å². The third-order valence-corrected chi connectivity index (χ3v) is 1.60. The molecule has 3 nitrogen and oxygen atoms in total. The Hall–Kier alpha value is -0.430. The third kappa shape index (κ3) is 6.71. The Morgan fingerprint density at radius 3 is 2.38 bits per heavy atom. The number of thiol groups is 1. The van der Waals surface area contributed by atoms with E-state index in [9.17, 15) is 18.0 Å². The average Bonchev–Trinajstić information content (AvgIpc) is 1.95. The smallest absolute Gasteiger partial charge is 0.411 e. The Kier molecular flexibility index (Phi) is 5.16. The van der Waals surface area contributed by atoms with E-state index in [4.69, 9.17) is 5.11 Å². The topological polar surface area (TPSA) is 46.5 Å². The number of ether oxygens (including phenoxy) is 1. The Labute approximate surface area is 78.3 Å². The Balaban J connectivity index is 3.68. The summed E-state index contributed by atoms with van der Waals surface area (Å²) in [4.78, 5) is 10.3. The summed E-state index contributed by atoms with van der Waals surface area (Å²) in [5.41, 5.74) is 0. The summed E-state index contributed by atoms with van der Waals surface area (Å²) in [5.74, 6) is -2.25. The summed E-state index contributed by atoms with van der Waals surface area (Å²) >= 11 is 3.66. The largest absolute Gasteiger partial charge is 0.481 e. The first-order chi connectivity index (χ1) is 5.87. The van der Waals surface area contributed by atoms with Gasteiger partial charge in [-0.3, -0.25) is 4.79 Å². The predicted octanol–water partition coefficient (Wildman–Crippen LogP) is 1.20. The molecule has 0 fully saturated rings. The van der Waals surface area contributed by atoms with E-state index in [0.29, 0.717) is 0 Å². The van der Waals surface area contributed by atoms with E-state index >= 15 is 0 Å². The maximum Gasteiger partial charge on any atom is 0.411 e. The van der Waals surface area contributed by atoms with E-state index in [1.807, 2.05) is 0 Å². The lowest BCUT2D eigenvalue weighted by molar-refractivity contribution is -0.179. The van der Waals surface area contributed by atoms with Gasteiger partial charge in [-0.1, -0.05) is 0 Å². The van der Waals surface area contributed by atoms with Crippen LogP contribution in [0.1, 0.15) is 0 Å². The van der Waals surface area contributed by atoms with Gasteiger partial charge in [-0.05, 0) is 0 Å². The van der Waals surface area contributed by atoms with Crippen LogP contribution in [0.5, 0.6) is 0 Å². The minimum absolute atomic E-state index is 0.0484. The van der Waals surface area contributed by atoms with Crippen molar-refractivity contribution in [1.29, 1.82) is 0 Å². The highest BCUT2D eigenvalue weighted by Crippen LogP contribution is 2.15. The number of halogens is 3. The molecule has 0 aliphatic heterocycles. The molecular formula is C6H9F3O3S. The van der Waals surface area contributed by atoms with Gasteiger partial charge >= 0.3 is 12.1 Å². The number of alkyl halides is 3. The van der Waals surface area contributed by atoms with Crippen molar-refractivity contribution >= 4 is 18.6 Å². The molecule has 0 aliphatic carbocycles. The second-order valence-corrected chi connectivity index (χ2v) is 2.71. The molecule has 0 aromatic rings. The zero-order valence-corrected chi connectivity index (χ0v) is 7.44. The third-order valence-electron chi connectivity index (χ3n) is 1.15. The van der Waals surface area contributed by atoms with Gasteiger partial charge in [0.2, 0.25) is 0 Å². The lowest BCUT2D eigenvalue weighted by Crippen LogP contribution is -2.25. The number of carbonyl (C=O) groups is 1. The monoisotopic (exact) mass is 218 g/mol. The van der Waals surface area contributed by atoms with Gasteiger partial charge in [0.15, 0.2) is 0 Å². The van der Waals surface area contributed by atoms with Crippen molar-refractivity contribution in [2.45, 2.75) is 6.18 Å².